The number of likely N-dealkylation sites (N-methyl/N-ethyl adjacent to an activating group) is 1. The first kappa shape index (κ1) is 17.1. The maximum Gasteiger partial charge on any atom is 0.0431 e. The summed E-state index contributed by atoms with van der Waals surface area (Å²) in [4.78, 5) is 2.45. The van der Waals surface area contributed by atoms with E-state index in [1.54, 1.807) is 0 Å². The Labute approximate surface area is 113 Å². The van der Waals surface area contributed by atoms with E-state index in [-0.39, 0.29) is 0 Å². The van der Waals surface area contributed by atoms with Crippen molar-refractivity contribution in [3.63, 3.8) is 0 Å². The first-order valence-electron chi connectivity index (χ1n) is 7.24. The number of hydrogen-bond acceptors (Lipinski definition) is 2. The van der Waals surface area contributed by atoms with Crippen molar-refractivity contribution < 1.29 is 5.11 Å². The predicted octanol–water partition coefficient (Wildman–Crippen LogP) is 3.35. The van der Waals surface area contributed by atoms with Crippen molar-refractivity contribution >= 4 is 0 Å². The Kier molecular flexibility index (Phi) is 12.0. The average molecular weight is 251 g/mol. The fourth-order valence-corrected chi connectivity index (χ4v) is 1.81. The molecule has 0 unspecified atom stereocenters. The van der Waals surface area contributed by atoms with E-state index in [9.17, 15) is 0 Å². The molecule has 0 bridgehead atoms. The SMILES string of the molecule is CC.CCN(CCCCO)CCc1ccccc1. The molecule has 0 aromatic heterocycles. The first-order chi connectivity index (χ1) is 8.86. The van der Waals surface area contributed by atoms with Gasteiger partial charge in [-0.3, -0.25) is 0 Å². The summed E-state index contributed by atoms with van der Waals surface area (Å²) in [5, 5.41) is 8.74. The van der Waals surface area contributed by atoms with E-state index in [4.69, 9.17) is 5.11 Å². The molecule has 2 nitrogen and oxygen atoms in total. The van der Waals surface area contributed by atoms with Crippen molar-refractivity contribution in [2.24, 2.45) is 0 Å². The maximum absolute atomic E-state index is 8.74. The maximum atomic E-state index is 8.74. The molecule has 1 rings (SSSR count). The molecule has 0 atom stereocenters. The standard InChI is InChI=1S/C14H23NO.C2H6/c1-2-15(11-6-7-13-16)12-10-14-8-4-3-5-9-14;1-2/h3-5,8-9,16H,2,6-7,10-13H2,1H3;1-2H3. The highest BCUT2D eigenvalue weighted by molar-refractivity contribution is 5.14. The van der Waals surface area contributed by atoms with Crippen molar-refractivity contribution in [2.45, 2.75) is 40.0 Å². The van der Waals surface area contributed by atoms with Gasteiger partial charge < -0.3 is 10.0 Å². The molecule has 0 aliphatic carbocycles. The minimum Gasteiger partial charge on any atom is -0.396 e. The number of benzene rings is 1. The first-order valence-corrected chi connectivity index (χ1v) is 7.24. The van der Waals surface area contributed by atoms with Gasteiger partial charge in [0.2, 0.25) is 0 Å². The van der Waals surface area contributed by atoms with Gasteiger partial charge in [0.15, 0.2) is 0 Å². The number of aliphatic hydroxyl groups excluding tert-OH is 1. The zero-order valence-corrected chi connectivity index (χ0v) is 12.2. The van der Waals surface area contributed by atoms with Gasteiger partial charge in [0.25, 0.3) is 0 Å². The summed E-state index contributed by atoms with van der Waals surface area (Å²) in [7, 11) is 0. The number of aliphatic hydroxyl groups is 1. The van der Waals surface area contributed by atoms with Gasteiger partial charge in [0, 0.05) is 13.2 Å². The van der Waals surface area contributed by atoms with Crippen LogP contribution in [0.25, 0.3) is 0 Å². The Balaban J connectivity index is 0.00000137. The van der Waals surface area contributed by atoms with Crippen LogP contribution in [0.4, 0.5) is 0 Å². The molecule has 0 radical (unpaired) electrons. The molecule has 0 saturated heterocycles. The van der Waals surface area contributed by atoms with Gasteiger partial charge >= 0.3 is 0 Å². The van der Waals surface area contributed by atoms with Gasteiger partial charge in [-0.2, -0.15) is 0 Å². The number of rotatable bonds is 8. The molecule has 2 heteroatoms. The van der Waals surface area contributed by atoms with Crippen molar-refractivity contribution in [3.05, 3.63) is 35.9 Å². The minimum absolute atomic E-state index is 0.316. The third-order valence-corrected chi connectivity index (χ3v) is 2.89. The second-order valence-corrected chi connectivity index (χ2v) is 4.10. The summed E-state index contributed by atoms with van der Waals surface area (Å²) >= 11 is 0. The Morgan fingerprint density at radius 2 is 1.67 bits per heavy atom. The molecule has 0 spiro atoms. The van der Waals surface area contributed by atoms with Crippen LogP contribution in [0.5, 0.6) is 0 Å². The molecule has 0 aliphatic heterocycles. The van der Waals surface area contributed by atoms with E-state index < -0.39 is 0 Å². The highest BCUT2D eigenvalue weighted by atomic mass is 16.2. The van der Waals surface area contributed by atoms with Crippen LogP contribution in [0.3, 0.4) is 0 Å². The monoisotopic (exact) mass is 251 g/mol. The van der Waals surface area contributed by atoms with E-state index in [1.807, 2.05) is 13.8 Å². The van der Waals surface area contributed by atoms with Gasteiger partial charge in [-0.05, 0) is 37.9 Å². The summed E-state index contributed by atoms with van der Waals surface area (Å²) in [5.41, 5.74) is 1.41. The quantitative estimate of drug-likeness (QED) is 0.716. The lowest BCUT2D eigenvalue weighted by atomic mass is 10.1. The summed E-state index contributed by atoms with van der Waals surface area (Å²) < 4.78 is 0. The van der Waals surface area contributed by atoms with Crippen LogP contribution in [0.2, 0.25) is 0 Å². The molecular formula is C16H29NO. The van der Waals surface area contributed by atoms with E-state index in [2.05, 4.69) is 42.2 Å². The molecule has 1 aromatic carbocycles. The van der Waals surface area contributed by atoms with E-state index >= 15 is 0 Å². The fraction of sp³-hybridized carbons (Fsp3) is 0.625. The van der Waals surface area contributed by atoms with Crippen molar-refractivity contribution in [1.82, 2.24) is 4.90 Å². The largest absolute Gasteiger partial charge is 0.396 e. The fourth-order valence-electron chi connectivity index (χ4n) is 1.81. The van der Waals surface area contributed by atoms with E-state index in [0.29, 0.717) is 6.61 Å². The Hall–Kier alpha value is -0.860. The smallest absolute Gasteiger partial charge is 0.0431 e. The highest BCUT2D eigenvalue weighted by Crippen LogP contribution is 2.02. The number of unbranched alkanes of at least 4 members (excludes halogenated alkanes) is 1. The Bertz CT molecular complexity index is 261. The molecule has 0 amide bonds. The molecule has 0 heterocycles. The second-order valence-electron chi connectivity index (χ2n) is 4.10. The van der Waals surface area contributed by atoms with Crippen LogP contribution in [-0.2, 0) is 6.42 Å². The summed E-state index contributed by atoms with van der Waals surface area (Å²) in [5.74, 6) is 0. The lowest BCUT2D eigenvalue weighted by Gasteiger charge is -2.20. The molecule has 104 valence electrons. The molecular weight excluding hydrogens is 222 g/mol. The van der Waals surface area contributed by atoms with E-state index in [0.717, 1.165) is 38.9 Å². The summed E-state index contributed by atoms with van der Waals surface area (Å²) in [6, 6.07) is 10.6. The summed E-state index contributed by atoms with van der Waals surface area (Å²) in [6.07, 6.45) is 3.13. The third kappa shape index (κ3) is 8.26. The van der Waals surface area contributed by atoms with Gasteiger partial charge in [0.1, 0.15) is 0 Å². The normalized spacial score (nSPS) is 10.1. The van der Waals surface area contributed by atoms with Gasteiger partial charge in [-0.1, -0.05) is 51.1 Å². The lowest BCUT2D eigenvalue weighted by molar-refractivity contribution is 0.249. The molecule has 0 aliphatic rings. The molecule has 0 fully saturated rings. The van der Waals surface area contributed by atoms with Crippen LogP contribution >= 0.6 is 0 Å². The zero-order chi connectivity index (χ0) is 13.6. The van der Waals surface area contributed by atoms with Gasteiger partial charge in [-0.25, -0.2) is 0 Å². The second kappa shape index (κ2) is 12.6. The van der Waals surface area contributed by atoms with Gasteiger partial charge in [-0.15, -0.1) is 0 Å². The van der Waals surface area contributed by atoms with Crippen molar-refractivity contribution in [1.29, 1.82) is 0 Å². The minimum atomic E-state index is 0.316. The number of nitrogens with zero attached hydrogens (tertiary/aromatic N) is 1. The summed E-state index contributed by atoms with van der Waals surface area (Å²) in [6.45, 7) is 9.83. The Morgan fingerprint density at radius 1 is 1.00 bits per heavy atom. The van der Waals surface area contributed by atoms with Crippen LogP contribution in [0.15, 0.2) is 30.3 Å². The highest BCUT2D eigenvalue weighted by Gasteiger charge is 2.01. The van der Waals surface area contributed by atoms with Crippen LogP contribution in [0.1, 0.15) is 39.2 Å². The topological polar surface area (TPSA) is 23.5 Å². The van der Waals surface area contributed by atoms with Crippen LogP contribution in [0, 0.1) is 0 Å². The van der Waals surface area contributed by atoms with Crippen molar-refractivity contribution in [2.75, 3.05) is 26.2 Å². The molecule has 1 aromatic rings. The molecule has 0 saturated carbocycles. The number of hydrogen-bond donors (Lipinski definition) is 1. The van der Waals surface area contributed by atoms with Crippen LogP contribution < -0.4 is 0 Å². The van der Waals surface area contributed by atoms with Gasteiger partial charge in [0.05, 0.1) is 0 Å². The lowest BCUT2D eigenvalue weighted by Crippen LogP contribution is -2.27. The predicted molar refractivity (Wildman–Crippen MR) is 79.9 cm³/mol. The van der Waals surface area contributed by atoms with Crippen molar-refractivity contribution in [3.8, 4) is 0 Å². The molecule has 1 N–H and O–H groups in total. The zero-order valence-electron chi connectivity index (χ0n) is 12.2. The average Bonchev–Trinajstić information content (AvgIpc) is 2.46. The Morgan fingerprint density at radius 3 is 2.22 bits per heavy atom. The van der Waals surface area contributed by atoms with Crippen LogP contribution in [-0.4, -0.2) is 36.2 Å². The molecule has 18 heavy (non-hydrogen) atoms. The third-order valence-electron chi connectivity index (χ3n) is 2.89. The van der Waals surface area contributed by atoms with E-state index in [1.165, 1.54) is 5.56 Å².